The zero-order chi connectivity index (χ0) is 25.4. The van der Waals surface area contributed by atoms with E-state index in [4.69, 9.17) is 14.2 Å². The van der Waals surface area contributed by atoms with Crippen molar-refractivity contribution in [2.45, 2.75) is 6.54 Å². The molecule has 0 unspecified atom stereocenters. The van der Waals surface area contributed by atoms with Gasteiger partial charge in [-0.25, -0.2) is 0 Å². The van der Waals surface area contributed by atoms with Crippen LogP contribution in [0.1, 0.15) is 15.9 Å². The number of methoxy groups -OCH3 is 1. The number of rotatable bonds is 5. The molecule has 1 amide bonds. The fraction of sp³-hybridized carbons (Fsp3) is 0.241. The largest absolute Gasteiger partial charge is 0.497 e. The minimum Gasteiger partial charge on any atom is -0.497 e. The Balaban J connectivity index is 1.24. The van der Waals surface area contributed by atoms with Gasteiger partial charge in [0.25, 0.3) is 11.5 Å². The van der Waals surface area contributed by atoms with Crippen molar-refractivity contribution in [3.8, 4) is 22.9 Å². The second-order valence-electron chi connectivity index (χ2n) is 9.22. The molecule has 3 aromatic carbocycles. The maximum Gasteiger partial charge on any atom is 0.262 e. The van der Waals surface area contributed by atoms with Crippen LogP contribution in [0.15, 0.2) is 77.7 Å². The second kappa shape index (κ2) is 9.63. The number of nitrogens with zero attached hydrogens (tertiary/aromatic N) is 3. The van der Waals surface area contributed by atoms with Gasteiger partial charge in [0.15, 0.2) is 11.5 Å². The number of hydrogen-bond donors (Lipinski definition) is 0. The molecule has 3 heterocycles. The van der Waals surface area contributed by atoms with E-state index in [2.05, 4.69) is 11.0 Å². The molecule has 0 N–H and O–H groups in total. The molecule has 1 fully saturated rings. The number of fused-ring (bicyclic) bond motifs is 2. The van der Waals surface area contributed by atoms with Crippen molar-refractivity contribution in [3.63, 3.8) is 0 Å². The number of hydrogen-bond acceptors (Lipinski definition) is 6. The molecule has 37 heavy (non-hydrogen) atoms. The third-order valence-electron chi connectivity index (χ3n) is 6.99. The van der Waals surface area contributed by atoms with E-state index in [0.717, 1.165) is 36.7 Å². The Labute approximate surface area is 214 Å². The molecular formula is C29H27N3O5. The number of benzene rings is 3. The summed E-state index contributed by atoms with van der Waals surface area (Å²) < 4.78 is 17.8. The Morgan fingerprint density at radius 1 is 0.892 bits per heavy atom. The highest BCUT2D eigenvalue weighted by Gasteiger charge is 2.25. The maximum absolute atomic E-state index is 13.8. The first-order valence-corrected chi connectivity index (χ1v) is 12.3. The first-order chi connectivity index (χ1) is 18.1. The van der Waals surface area contributed by atoms with Crippen molar-refractivity contribution in [3.05, 3.63) is 94.4 Å². The van der Waals surface area contributed by atoms with Crippen LogP contribution in [0.3, 0.4) is 0 Å². The lowest BCUT2D eigenvalue weighted by atomic mass is 10.1. The lowest BCUT2D eigenvalue weighted by Gasteiger charge is -2.35. The van der Waals surface area contributed by atoms with Gasteiger partial charge < -0.3 is 19.1 Å². The van der Waals surface area contributed by atoms with Crippen LogP contribution in [0, 0.1) is 0 Å². The molecular weight excluding hydrogens is 470 g/mol. The van der Waals surface area contributed by atoms with E-state index in [1.807, 2.05) is 53.4 Å². The summed E-state index contributed by atoms with van der Waals surface area (Å²) in [6.07, 6.45) is 1.67. The molecule has 4 aromatic rings. The highest BCUT2D eigenvalue weighted by molar-refractivity contribution is 6.06. The molecule has 1 saturated heterocycles. The van der Waals surface area contributed by atoms with Crippen LogP contribution in [0.2, 0.25) is 0 Å². The van der Waals surface area contributed by atoms with E-state index in [9.17, 15) is 9.59 Å². The number of aromatic nitrogens is 1. The first kappa shape index (κ1) is 23.1. The molecule has 0 saturated carbocycles. The van der Waals surface area contributed by atoms with Gasteiger partial charge in [0.2, 0.25) is 6.79 Å². The lowest BCUT2D eigenvalue weighted by Crippen LogP contribution is -2.48. The van der Waals surface area contributed by atoms with E-state index < -0.39 is 0 Å². The summed E-state index contributed by atoms with van der Waals surface area (Å²) in [5.41, 5.74) is 2.15. The third kappa shape index (κ3) is 4.40. The molecule has 8 nitrogen and oxygen atoms in total. The van der Waals surface area contributed by atoms with Crippen LogP contribution in [0.25, 0.3) is 16.5 Å². The number of carbonyl (C=O) groups excluding carboxylic acids is 1. The molecule has 0 atom stereocenters. The maximum atomic E-state index is 13.8. The standard InChI is InChI=1S/C29H27N3O5/c1-35-22-6-4-5-21(16-22)32-18-25(23-7-2-3-8-24(23)29(32)34)28(33)31-13-11-30(12-14-31)17-20-9-10-26-27(15-20)37-19-36-26/h2-10,15-16,18H,11-14,17,19H2,1H3. The number of ether oxygens (including phenoxy) is 3. The predicted molar refractivity (Wildman–Crippen MR) is 140 cm³/mol. The van der Waals surface area contributed by atoms with E-state index >= 15 is 0 Å². The van der Waals surface area contributed by atoms with Crippen molar-refractivity contribution in [2.24, 2.45) is 0 Å². The summed E-state index contributed by atoms with van der Waals surface area (Å²) in [6.45, 7) is 3.77. The highest BCUT2D eigenvalue weighted by atomic mass is 16.7. The summed E-state index contributed by atoms with van der Waals surface area (Å²) in [7, 11) is 1.59. The van der Waals surface area contributed by atoms with Gasteiger partial charge in [-0.1, -0.05) is 30.3 Å². The summed E-state index contributed by atoms with van der Waals surface area (Å²) in [5, 5.41) is 1.18. The summed E-state index contributed by atoms with van der Waals surface area (Å²) >= 11 is 0. The van der Waals surface area contributed by atoms with Crippen molar-refractivity contribution in [2.75, 3.05) is 40.1 Å². The summed E-state index contributed by atoms with van der Waals surface area (Å²) in [5.74, 6) is 2.13. The minimum atomic E-state index is -0.172. The van der Waals surface area contributed by atoms with Crippen molar-refractivity contribution in [1.29, 1.82) is 0 Å². The molecule has 0 aliphatic carbocycles. The Kier molecular flexibility index (Phi) is 6.02. The van der Waals surface area contributed by atoms with E-state index in [1.54, 1.807) is 25.4 Å². The average molecular weight is 498 g/mol. The minimum absolute atomic E-state index is 0.0735. The van der Waals surface area contributed by atoms with Gasteiger partial charge in [-0.3, -0.25) is 19.1 Å². The molecule has 6 rings (SSSR count). The second-order valence-corrected chi connectivity index (χ2v) is 9.22. The Morgan fingerprint density at radius 3 is 2.49 bits per heavy atom. The fourth-order valence-electron chi connectivity index (χ4n) is 4.99. The molecule has 1 aromatic heterocycles. The Hall–Kier alpha value is -4.30. The summed E-state index contributed by atoms with van der Waals surface area (Å²) in [6, 6.07) is 20.6. The zero-order valence-electron chi connectivity index (χ0n) is 20.6. The first-order valence-electron chi connectivity index (χ1n) is 12.3. The fourth-order valence-corrected chi connectivity index (χ4v) is 4.99. The predicted octanol–water partition coefficient (Wildman–Crippen LogP) is 3.69. The molecule has 188 valence electrons. The Bertz CT molecular complexity index is 1540. The SMILES string of the molecule is COc1cccc(-n2cc(C(=O)N3CCN(Cc4ccc5c(c4)OCO5)CC3)c3ccccc3c2=O)c1. The quantitative estimate of drug-likeness (QED) is 0.419. The van der Waals surface area contributed by atoms with Crippen molar-refractivity contribution < 1.29 is 19.0 Å². The molecule has 0 spiro atoms. The van der Waals surface area contributed by atoms with E-state index in [1.165, 1.54) is 4.57 Å². The molecule has 2 aliphatic rings. The van der Waals surface area contributed by atoms with Crippen LogP contribution in [-0.4, -0.2) is 60.4 Å². The van der Waals surface area contributed by atoms with Gasteiger partial charge in [-0.2, -0.15) is 0 Å². The van der Waals surface area contributed by atoms with Gasteiger partial charge >= 0.3 is 0 Å². The van der Waals surface area contributed by atoms with Crippen LogP contribution in [0.4, 0.5) is 0 Å². The van der Waals surface area contributed by atoms with Crippen LogP contribution >= 0.6 is 0 Å². The van der Waals surface area contributed by atoms with Crippen molar-refractivity contribution in [1.82, 2.24) is 14.4 Å². The number of carbonyl (C=O) groups is 1. The van der Waals surface area contributed by atoms with Crippen LogP contribution < -0.4 is 19.8 Å². The number of pyridine rings is 1. The lowest BCUT2D eigenvalue weighted by molar-refractivity contribution is 0.0629. The van der Waals surface area contributed by atoms with E-state index in [0.29, 0.717) is 40.9 Å². The van der Waals surface area contributed by atoms with Crippen LogP contribution in [-0.2, 0) is 6.54 Å². The normalized spacial score (nSPS) is 15.2. The van der Waals surface area contributed by atoms with Gasteiger partial charge in [0.1, 0.15) is 5.75 Å². The van der Waals surface area contributed by atoms with Gasteiger partial charge in [-0.15, -0.1) is 0 Å². The molecule has 0 radical (unpaired) electrons. The Morgan fingerprint density at radius 2 is 1.68 bits per heavy atom. The number of piperazine rings is 1. The topological polar surface area (TPSA) is 73.2 Å². The third-order valence-corrected chi connectivity index (χ3v) is 6.99. The van der Waals surface area contributed by atoms with E-state index in [-0.39, 0.29) is 18.3 Å². The highest BCUT2D eigenvalue weighted by Crippen LogP contribution is 2.33. The van der Waals surface area contributed by atoms with Crippen LogP contribution in [0.5, 0.6) is 17.2 Å². The monoisotopic (exact) mass is 497 g/mol. The smallest absolute Gasteiger partial charge is 0.262 e. The molecule has 8 heteroatoms. The van der Waals surface area contributed by atoms with Gasteiger partial charge in [0.05, 0.1) is 18.4 Å². The van der Waals surface area contributed by atoms with Crippen molar-refractivity contribution >= 4 is 16.7 Å². The summed E-state index contributed by atoms with van der Waals surface area (Å²) in [4.78, 5) is 31.3. The zero-order valence-corrected chi connectivity index (χ0v) is 20.6. The van der Waals surface area contributed by atoms with Gasteiger partial charge in [0, 0.05) is 55.8 Å². The molecule has 2 aliphatic heterocycles. The molecule has 0 bridgehead atoms. The number of amides is 1. The average Bonchev–Trinajstić information content (AvgIpc) is 3.41. The van der Waals surface area contributed by atoms with Gasteiger partial charge in [-0.05, 0) is 35.9 Å².